The van der Waals surface area contributed by atoms with Crippen LogP contribution >= 0.6 is 0 Å². The Balaban J connectivity index is 1.92. The molecule has 1 atom stereocenters. The molecule has 1 unspecified atom stereocenters. The molecule has 24 heavy (non-hydrogen) atoms. The van der Waals surface area contributed by atoms with E-state index in [1.807, 2.05) is 32.0 Å². The molecule has 0 radical (unpaired) electrons. The minimum absolute atomic E-state index is 0.181. The fraction of sp³-hybridized carbons (Fsp3) is 0.500. The molecular weight excluding hydrogens is 302 g/mol. The minimum Gasteiger partial charge on any atom is -0.357 e. The van der Waals surface area contributed by atoms with Gasteiger partial charge in [0.2, 0.25) is 5.89 Å². The lowest BCUT2D eigenvalue weighted by molar-refractivity contribution is 0.372. The van der Waals surface area contributed by atoms with Crippen molar-refractivity contribution in [1.29, 1.82) is 0 Å². The van der Waals surface area contributed by atoms with Crippen LogP contribution in [0.2, 0.25) is 0 Å². The molecule has 1 aromatic heterocycles. The van der Waals surface area contributed by atoms with E-state index in [1.54, 1.807) is 0 Å². The first-order chi connectivity index (χ1) is 11.6. The molecule has 0 aliphatic heterocycles. The summed E-state index contributed by atoms with van der Waals surface area (Å²) >= 11 is 0. The Labute approximate surface area is 143 Å². The van der Waals surface area contributed by atoms with Crippen LogP contribution in [-0.2, 0) is 6.42 Å². The zero-order chi connectivity index (χ0) is 17.4. The van der Waals surface area contributed by atoms with Crippen molar-refractivity contribution < 1.29 is 4.52 Å². The van der Waals surface area contributed by atoms with E-state index in [9.17, 15) is 0 Å². The van der Waals surface area contributed by atoms with Crippen molar-refractivity contribution in [2.45, 2.75) is 46.1 Å². The van der Waals surface area contributed by atoms with Crippen LogP contribution in [-0.4, -0.2) is 29.2 Å². The fourth-order valence-electron chi connectivity index (χ4n) is 2.22. The van der Waals surface area contributed by atoms with Crippen LogP contribution in [0.5, 0.6) is 0 Å². The summed E-state index contributed by atoms with van der Waals surface area (Å²) in [6, 6.07) is 10.5. The zero-order valence-electron chi connectivity index (χ0n) is 14.9. The third-order valence-corrected chi connectivity index (χ3v) is 3.59. The van der Waals surface area contributed by atoms with Crippen LogP contribution in [0.15, 0.2) is 39.8 Å². The van der Waals surface area contributed by atoms with Crippen LogP contribution in [0.3, 0.4) is 0 Å². The van der Waals surface area contributed by atoms with Crippen LogP contribution in [0.1, 0.15) is 56.9 Å². The largest absolute Gasteiger partial charge is 0.357 e. The molecule has 0 bridgehead atoms. The summed E-state index contributed by atoms with van der Waals surface area (Å²) in [5.74, 6) is 2.44. The van der Waals surface area contributed by atoms with Crippen LogP contribution in [0.25, 0.3) is 0 Å². The maximum atomic E-state index is 5.25. The maximum Gasteiger partial charge on any atom is 0.228 e. The van der Waals surface area contributed by atoms with E-state index < -0.39 is 0 Å². The summed E-state index contributed by atoms with van der Waals surface area (Å²) in [6.07, 6.45) is 0.635. The highest BCUT2D eigenvalue weighted by atomic mass is 16.5. The Kier molecular flexibility index (Phi) is 6.78. The van der Waals surface area contributed by atoms with Crippen molar-refractivity contribution in [3.8, 4) is 0 Å². The molecule has 0 saturated heterocycles. The van der Waals surface area contributed by atoms with E-state index in [-0.39, 0.29) is 12.0 Å². The van der Waals surface area contributed by atoms with E-state index in [0.717, 1.165) is 18.3 Å². The Morgan fingerprint density at radius 1 is 1.21 bits per heavy atom. The van der Waals surface area contributed by atoms with Gasteiger partial charge in [-0.15, -0.1) is 0 Å². The summed E-state index contributed by atoms with van der Waals surface area (Å²) in [5, 5.41) is 10.7. The molecule has 0 fully saturated rings. The number of aliphatic imine (C=N–C) groups is 1. The smallest absolute Gasteiger partial charge is 0.228 e. The average Bonchev–Trinajstić information content (AvgIpc) is 3.05. The first kappa shape index (κ1) is 18.0. The average molecular weight is 329 g/mol. The standard InChI is InChI=1S/C18H27N5O/c1-5-19-18(21-14(4)15-9-7-6-8-10-15)20-12-11-16-22-17(13(2)3)23-24-16/h6-10,13-14H,5,11-12H2,1-4H3,(H2,19,20,21). The lowest BCUT2D eigenvalue weighted by atomic mass is 10.1. The van der Waals surface area contributed by atoms with Crippen molar-refractivity contribution in [2.75, 3.05) is 13.1 Å². The van der Waals surface area contributed by atoms with Gasteiger partial charge >= 0.3 is 0 Å². The van der Waals surface area contributed by atoms with Gasteiger partial charge in [0, 0.05) is 18.9 Å². The SMILES string of the molecule is CCNC(=NCCc1nc(C(C)C)no1)NC(C)c1ccccc1. The zero-order valence-corrected chi connectivity index (χ0v) is 14.9. The summed E-state index contributed by atoms with van der Waals surface area (Å²) in [4.78, 5) is 8.97. The summed E-state index contributed by atoms with van der Waals surface area (Å²) in [6.45, 7) is 9.67. The number of aromatic nitrogens is 2. The van der Waals surface area contributed by atoms with Crippen molar-refractivity contribution in [3.05, 3.63) is 47.6 Å². The van der Waals surface area contributed by atoms with Crippen molar-refractivity contribution in [3.63, 3.8) is 0 Å². The monoisotopic (exact) mass is 329 g/mol. The fourth-order valence-corrected chi connectivity index (χ4v) is 2.22. The molecule has 0 aliphatic rings. The van der Waals surface area contributed by atoms with E-state index >= 15 is 0 Å². The predicted octanol–water partition coefficient (Wildman–Crippen LogP) is 3.05. The number of nitrogens with zero attached hydrogens (tertiary/aromatic N) is 3. The third kappa shape index (κ3) is 5.37. The molecule has 130 valence electrons. The second-order valence-corrected chi connectivity index (χ2v) is 5.99. The number of hydrogen-bond donors (Lipinski definition) is 2. The first-order valence-corrected chi connectivity index (χ1v) is 8.52. The van der Waals surface area contributed by atoms with Crippen LogP contribution in [0, 0.1) is 0 Å². The molecule has 1 aromatic carbocycles. The molecule has 1 heterocycles. The van der Waals surface area contributed by atoms with Gasteiger partial charge in [-0.05, 0) is 19.4 Å². The Bertz CT molecular complexity index is 636. The first-order valence-electron chi connectivity index (χ1n) is 8.52. The third-order valence-electron chi connectivity index (χ3n) is 3.59. The van der Waals surface area contributed by atoms with Gasteiger partial charge in [0.1, 0.15) is 0 Å². The predicted molar refractivity (Wildman–Crippen MR) is 96.1 cm³/mol. The van der Waals surface area contributed by atoms with Crippen LogP contribution < -0.4 is 10.6 Å². The Hall–Kier alpha value is -2.37. The number of guanidine groups is 1. The summed E-state index contributed by atoms with van der Waals surface area (Å²) in [7, 11) is 0. The minimum atomic E-state index is 0.181. The molecule has 0 spiro atoms. The van der Waals surface area contributed by atoms with Crippen LogP contribution in [0.4, 0.5) is 0 Å². The highest BCUT2D eigenvalue weighted by Crippen LogP contribution is 2.11. The second-order valence-electron chi connectivity index (χ2n) is 5.99. The summed E-state index contributed by atoms with van der Waals surface area (Å²) < 4.78 is 5.25. The molecule has 6 heteroatoms. The van der Waals surface area contributed by atoms with E-state index in [4.69, 9.17) is 4.52 Å². The molecule has 2 rings (SSSR count). The number of benzene rings is 1. The molecule has 2 aromatic rings. The topological polar surface area (TPSA) is 75.3 Å². The van der Waals surface area contributed by atoms with Gasteiger partial charge in [0.05, 0.1) is 12.6 Å². The number of hydrogen-bond acceptors (Lipinski definition) is 4. The maximum absolute atomic E-state index is 5.25. The van der Waals surface area contributed by atoms with Gasteiger partial charge in [-0.1, -0.05) is 49.3 Å². The van der Waals surface area contributed by atoms with Crippen molar-refractivity contribution in [2.24, 2.45) is 4.99 Å². The van der Waals surface area contributed by atoms with Crippen molar-refractivity contribution in [1.82, 2.24) is 20.8 Å². The van der Waals surface area contributed by atoms with Gasteiger partial charge in [0.25, 0.3) is 0 Å². The van der Waals surface area contributed by atoms with Gasteiger partial charge in [-0.2, -0.15) is 4.98 Å². The molecule has 6 nitrogen and oxygen atoms in total. The normalized spacial score (nSPS) is 13.1. The quantitative estimate of drug-likeness (QED) is 0.603. The van der Waals surface area contributed by atoms with E-state index in [1.165, 1.54) is 5.56 Å². The van der Waals surface area contributed by atoms with E-state index in [2.05, 4.69) is 51.7 Å². The van der Waals surface area contributed by atoms with Gasteiger partial charge < -0.3 is 15.2 Å². The second kappa shape index (κ2) is 9.05. The lowest BCUT2D eigenvalue weighted by Gasteiger charge is -2.18. The Morgan fingerprint density at radius 3 is 2.58 bits per heavy atom. The molecule has 0 aliphatic carbocycles. The van der Waals surface area contributed by atoms with Crippen molar-refractivity contribution >= 4 is 5.96 Å². The van der Waals surface area contributed by atoms with Gasteiger partial charge in [0.15, 0.2) is 11.8 Å². The molecule has 2 N–H and O–H groups in total. The highest BCUT2D eigenvalue weighted by Gasteiger charge is 2.10. The number of rotatable bonds is 7. The highest BCUT2D eigenvalue weighted by molar-refractivity contribution is 5.80. The molecule has 0 saturated carbocycles. The van der Waals surface area contributed by atoms with Gasteiger partial charge in [-0.3, -0.25) is 4.99 Å². The van der Waals surface area contributed by atoms with Gasteiger partial charge in [-0.25, -0.2) is 0 Å². The summed E-state index contributed by atoms with van der Waals surface area (Å²) in [5.41, 5.74) is 1.22. The van der Waals surface area contributed by atoms with E-state index in [0.29, 0.717) is 18.9 Å². The molecular formula is C18H27N5O. The lowest BCUT2D eigenvalue weighted by Crippen LogP contribution is -2.38. The Morgan fingerprint density at radius 2 is 1.96 bits per heavy atom. The molecule has 0 amide bonds. The number of nitrogens with one attached hydrogen (secondary N) is 2.